The molecule has 1 heterocycles. The van der Waals surface area contributed by atoms with Crippen LogP contribution in [0, 0.1) is 15.9 Å². The fourth-order valence-corrected chi connectivity index (χ4v) is 3.37. The number of anilines is 1. The normalized spacial score (nSPS) is 10.8. The van der Waals surface area contributed by atoms with Gasteiger partial charge in [0, 0.05) is 18.6 Å². The molecule has 1 N–H and O–H groups in total. The van der Waals surface area contributed by atoms with Crippen molar-refractivity contribution in [1.29, 1.82) is 0 Å². The minimum Gasteiger partial charge on any atom is -0.323 e. The number of benzene rings is 2. The number of nitrogens with one attached hydrogen (secondary N) is 1. The summed E-state index contributed by atoms with van der Waals surface area (Å²) in [6.45, 7) is 0. The second kappa shape index (κ2) is 7.35. The fraction of sp³-hybridized carbons (Fsp3) is 0.176. The van der Waals surface area contributed by atoms with E-state index in [0.717, 1.165) is 33.4 Å². The zero-order chi connectivity index (χ0) is 17.8. The minimum atomic E-state index is -0.704. The SMILES string of the molecule is O=C(CCCc1nc2ccccc2s1)Nc1cc([N+](=O)[O-])ccc1F. The highest BCUT2D eigenvalue weighted by Gasteiger charge is 2.13. The van der Waals surface area contributed by atoms with Gasteiger partial charge in [-0.05, 0) is 31.0 Å². The van der Waals surface area contributed by atoms with E-state index in [0.29, 0.717) is 12.8 Å². The number of nitro benzene ring substituents is 1. The number of non-ortho nitro benzene ring substituents is 1. The summed E-state index contributed by atoms with van der Waals surface area (Å²) >= 11 is 1.58. The van der Waals surface area contributed by atoms with Gasteiger partial charge in [-0.15, -0.1) is 11.3 Å². The molecule has 3 rings (SSSR count). The number of amides is 1. The van der Waals surface area contributed by atoms with E-state index in [-0.39, 0.29) is 23.7 Å². The molecule has 0 spiro atoms. The van der Waals surface area contributed by atoms with Crippen LogP contribution in [0.4, 0.5) is 15.8 Å². The van der Waals surface area contributed by atoms with Crippen LogP contribution in [0.2, 0.25) is 0 Å². The van der Waals surface area contributed by atoms with Gasteiger partial charge in [0.15, 0.2) is 0 Å². The summed E-state index contributed by atoms with van der Waals surface area (Å²) in [4.78, 5) is 26.5. The van der Waals surface area contributed by atoms with E-state index < -0.39 is 10.7 Å². The molecule has 6 nitrogen and oxygen atoms in total. The molecule has 3 aromatic rings. The van der Waals surface area contributed by atoms with E-state index in [1.165, 1.54) is 0 Å². The lowest BCUT2D eigenvalue weighted by Gasteiger charge is -2.06. The van der Waals surface area contributed by atoms with Crippen LogP contribution in [0.15, 0.2) is 42.5 Å². The number of nitro groups is 1. The largest absolute Gasteiger partial charge is 0.323 e. The molecule has 128 valence electrons. The molecule has 0 saturated carbocycles. The van der Waals surface area contributed by atoms with Gasteiger partial charge in [0.1, 0.15) is 5.82 Å². The molecule has 0 unspecified atom stereocenters. The van der Waals surface area contributed by atoms with Crippen LogP contribution in [-0.4, -0.2) is 15.8 Å². The maximum Gasteiger partial charge on any atom is 0.271 e. The van der Waals surface area contributed by atoms with Gasteiger partial charge in [-0.3, -0.25) is 14.9 Å². The van der Waals surface area contributed by atoms with Crippen molar-refractivity contribution in [3.8, 4) is 0 Å². The van der Waals surface area contributed by atoms with E-state index in [1.54, 1.807) is 11.3 Å². The molecule has 8 heteroatoms. The first-order valence-corrected chi connectivity index (χ1v) is 8.43. The van der Waals surface area contributed by atoms with Gasteiger partial charge in [-0.25, -0.2) is 9.37 Å². The van der Waals surface area contributed by atoms with Gasteiger partial charge >= 0.3 is 0 Å². The van der Waals surface area contributed by atoms with Crippen molar-refractivity contribution in [2.45, 2.75) is 19.3 Å². The van der Waals surface area contributed by atoms with Crippen LogP contribution < -0.4 is 5.32 Å². The Labute approximate surface area is 146 Å². The van der Waals surface area contributed by atoms with Crippen molar-refractivity contribution < 1.29 is 14.1 Å². The molecule has 0 aliphatic heterocycles. The number of rotatable bonds is 6. The molecule has 0 aliphatic rings. The molecule has 0 atom stereocenters. The van der Waals surface area contributed by atoms with E-state index in [2.05, 4.69) is 10.3 Å². The van der Waals surface area contributed by atoms with Crippen LogP contribution in [0.5, 0.6) is 0 Å². The second-order valence-electron chi connectivity index (χ2n) is 5.40. The van der Waals surface area contributed by atoms with Crippen LogP contribution in [-0.2, 0) is 11.2 Å². The van der Waals surface area contributed by atoms with Crippen molar-refractivity contribution >= 4 is 38.8 Å². The summed E-state index contributed by atoms with van der Waals surface area (Å²) in [6, 6.07) is 10.8. The number of hydrogen-bond donors (Lipinski definition) is 1. The van der Waals surface area contributed by atoms with Crippen LogP contribution in [0.25, 0.3) is 10.2 Å². The first kappa shape index (κ1) is 17.0. The Morgan fingerprint density at radius 2 is 2.08 bits per heavy atom. The number of halogens is 1. The highest BCUT2D eigenvalue weighted by Crippen LogP contribution is 2.24. The van der Waals surface area contributed by atoms with Crippen molar-refractivity contribution in [2.75, 3.05) is 5.32 Å². The van der Waals surface area contributed by atoms with Crippen molar-refractivity contribution in [2.24, 2.45) is 0 Å². The quantitative estimate of drug-likeness (QED) is 0.525. The summed E-state index contributed by atoms with van der Waals surface area (Å²) in [5.41, 5.74) is 0.482. The number of carbonyl (C=O) groups is 1. The first-order chi connectivity index (χ1) is 12.0. The van der Waals surface area contributed by atoms with Gasteiger partial charge in [0.05, 0.1) is 25.8 Å². The predicted octanol–water partition coefficient (Wildman–Crippen LogP) is 4.31. The molecule has 1 aromatic heterocycles. The van der Waals surface area contributed by atoms with Gasteiger partial charge in [0.2, 0.25) is 5.91 Å². The number of aromatic nitrogens is 1. The lowest BCUT2D eigenvalue weighted by molar-refractivity contribution is -0.384. The number of para-hydroxylation sites is 1. The highest BCUT2D eigenvalue weighted by atomic mass is 32.1. The maximum atomic E-state index is 13.7. The molecule has 0 aliphatic carbocycles. The number of thiazole rings is 1. The number of nitrogens with zero attached hydrogens (tertiary/aromatic N) is 2. The van der Waals surface area contributed by atoms with Gasteiger partial charge in [0.25, 0.3) is 5.69 Å². The standard InChI is InChI=1S/C17H14FN3O3S/c18-12-9-8-11(21(23)24)10-14(12)19-16(22)6-3-7-17-20-13-4-1-2-5-15(13)25-17/h1-2,4-5,8-10H,3,6-7H2,(H,19,22). The topological polar surface area (TPSA) is 85.1 Å². The zero-order valence-corrected chi connectivity index (χ0v) is 13.9. The number of aryl methyl sites for hydroxylation is 1. The molecule has 0 bridgehead atoms. The van der Waals surface area contributed by atoms with Crippen LogP contribution in [0.3, 0.4) is 0 Å². The Hall–Kier alpha value is -2.87. The third-order valence-electron chi connectivity index (χ3n) is 3.57. The molecular weight excluding hydrogens is 345 g/mol. The molecule has 25 heavy (non-hydrogen) atoms. The van der Waals surface area contributed by atoms with Crippen LogP contribution in [0.1, 0.15) is 17.8 Å². The number of hydrogen-bond acceptors (Lipinski definition) is 5. The smallest absolute Gasteiger partial charge is 0.271 e. The monoisotopic (exact) mass is 359 g/mol. The van der Waals surface area contributed by atoms with Crippen molar-refractivity contribution in [1.82, 2.24) is 4.98 Å². The molecule has 2 aromatic carbocycles. The van der Waals surface area contributed by atoms with E-state index >= 15 is 0 Å². The average molecular weight is 359 g/mol. The first-order valence-electron chi connectivity index (χ1n) is 7.61. The van der Waals surface area contributed by atoms with Gasteiger partial charge < -0.3 is 5.32 Å². The van der Waals surface area contributed by atoms with E-state index in [9.17, 15) is 19.3 Å². The van der Waals surface area contributed by atoms with E-state index in [4.69, 9.17) is 0 Å². The predicted molar refractivity (Wildman–Crippen MR) is 94.2 cm³/mol. The maximum absolute atomic E-state index is 13.7. The fourth-order valence-electron chi connectivity index (χ4n) is 2.36. The highest BCUT2D eigenvalue weighted by molar-refractivity contribution is 7.18. The van der Waals surface area contributed by atoms with Gasteiger partial charge in [-0.1, -0.05) is 12.1 Å². The lowest BCUT2D eigenvalue weighted by Crippen LogP contribution is -2.13. The van der Waals surface area contributed by atoms with Crippen molar-refractivity contribution in [3.63, 3.8) is 0 Å². The zero-order valence-electron chi connectivity index (χ0n) is 13.1. The average Bonchev–Trinajstić information content (AvgIpc) is 2.99. The third-order valence-corrected chi connectivity index (χ3v) is 4.66. The third kappa shape index (κ3) is 4.16. The Balaban J connectivity index is 1.56. The van der Waals surface area contributed by atoms with Gasteiger partial charge in [-0.2, -0.15) is 0 Å². The van der Waals surface area contributed by atoms with E-state index in [1.807, 2.05) is 24.3 Å². The lowest BCUT2D eigenvalue weighted by atomic mass is 10.2. The number of fused-ring (bicyclic) bond motifs is 1. The Morgan fingerprint density at radius 3 is 2.84 bits per heavy atom. The Morgan fingerprint density at radius 1 is 1.28 bits per heavy atom. The number of carbonyl (C=O) groups excluding carboxylic acids is 1. The Bertz CT molecular complexity index is 909. The molecule has 0 radical (unpaired) electrons. The Kier molecular flexibility index (Phi) is 4.99. The summed E-state index contributed by atoms with van der Waals surface area (Å²) in [6.07, 6.45) is 1.38. The summed E-state index contributed by atoms with van der Waals surface area (Å²) in [5.74, 6) is -1.09. The summed E-state index contributed by atoms with van der Waals surface area (Å²) in [5, 5.41) is 14.0. The van der Waals surface area contributed by atoms with Crippen LogP contribution >= 0.6 is 11.3 Å². The molecule has 0 fully saturated rings. The summed E-state index contributed by atoms with van der Waals surface area (Å²) in [7, 11) is 0. The van der Waals surface area contributed by atoms with Crippen molar-refractivity contribution in [3.05, 3.63) is 63.4 Å². The molecular formula is C17H14FN3O3S. The molecule has 1 amide bonds. The molecule has 0 saturated heterocycles. The summed E-state index contributed by atoms with van der Waals surface area (Å²) < 4.78 is 14.8. The second-order valence-corrected chi connectivity index (χ2v) is 6.51. The minimum absolute atomic E-state index is 0.179.